The number of rotatable bonds is 5. The number of aryl methyl sites for hydroxylation is 1. The van der Waals surface area contributed by atoms with Crippen molar-refractivity contribution in [1.82, 2.24) is 9.78 Å². The lowest BCUT2D eigenvalue weighted by molar-refractivity contribution is -0.384. The summed E-state index contributed by atoms with van der Waals surface area (Å²) in [5.41, 5.74) is 1.67. The highest BCUT2D eigenvalue weighted by Crippen LogP contribution is 2.27. The van der Waals surface area contributed by atoms with Gasteiger partial charge in [-0.3, -0.25) is 14.8 Å². The van der Waals surface area contributed by atoms with E-state index in [1.165, 1.54) is 6.07 Å². The number of aromatic nitrogens is 2. The van der Waals surface area contributed by atoms with Crippen molar-refractivity contribution < 1.29 is 4.92 Å². The van der Waals surface area contributed by atoms with Crippen molar-refractivity contribution in [3.05, 3.63) is 50.7 Å². The zero-order valence-electron chi connectivity index (χ0n) is 10.3. The van der Waals surface area contributed by atoms with Crippen LogP contribution in [-0.4, -0.2) is 21.2 Å². The lowest BCUT2D eigenvalue weighted by Gasteiger charge is -2.07. The summed E-state index contributed by atoms with van der Waals surface area (Å²) < 4.78 is 2.60. The van der Waals surface area contributed by atoms with Crippen LogP contribution in [0.1, 0.15) is 5.69 Å². The molecule has 0 aliphatic carbocycles. The van der Waals surface area contributed by atoms with Gasteiger partial charge in [-0.25, -0.2) is 0 Å². The molecule has 2 aromatic rings. The minimum absolute atomic E-state index is 0.0770. The molecule has 6 nitrogen and oxygen atoms in total. The van der Waals surface area contributed by atoms with Crippen LogP contribution in [0.4, 0.5) is 11.4 Å². The van der Waals surface area contributed by atoms with E-state index < -0.39 is 4.92 Å². The monoisotopic (exact) mass is 324 g/mol. The molecule has 0 saturated carbocycles. The van der Waals surface area contributed by atoms with Crippen LogP contribution in [0, 0.1) is 10.1 Å². The Hall–Kier alpha value is -1.89. The number of halogens is 1. The van der Waals surface area contributed by atoms with E-state index in [0.717, 1.165) is 16.6 Å². The molecular weight excluding hydrogens is 312 g/mol. The second-order valence-corrected chi connectivity index (χ2v) is 4.96. The molecule has 0 amide bonds. The summed E-state index contributed by atoms with van der Waals surface area (Å²) in [6, 6.07) is 6.78. The van der Waals surface area contributed by atoms with E-state index in [1.807, 2.05) is 13.1 Å². The van der Waals surface area contributed by atoms with Crippen molar-refractivity contribution >= 4 is 27.3 Å². The fourth-order valence-corrected chi connectivity index (χ4v) is 2.14. The van der Waals surface area contributed by atoms with Gasteiger partial charge in [0.1, 0.15) is 5.69 Å². The predicted molar refractivity (Wildman–Crippen MR) is 76.2 cm³/mol. The summed E-state index contributed by atoms with van der Waals surface area (Å²) in [7, 11) is 1.87. The number of nitro benzene ring substituents is 1. The molecule has 19 heavy (non-hydrogen) atoms. The summed E-state index contributed by atoms with van der Waals surface area (Å²) in [5, 5.41) is 18.1. The number of anilines is 1. The van der Waals surface area contributed by atoms with Crippen molar-refractivity contribution in [3.8, 4) is 0 Å². The molecule has 0 fully saturated rings. The average Bonchev–Trinajstić information content (AvgIpc) is 2.75. The molecule has 100 valence electrons. The summed E-state index contributed by atoms with van der Waals surface area (Å²) in [5.74, 6) is 0. The highest BCUT2D eigenvalue weighted by molar-refractivity contribution is 9.10. The van der Waals surface area contributed by atoms with Crippen LogP contribution in [-0.2, 0) is 13.5 Å². The SMILES string of the molecule is Cn1nccc1CCNc1cc(Br)ccc1[N+](=O)[O-]. The molecule has 0 radical (unpaired) electrons. The van der Waals surface area contributed by atoms with Crippen molar-refractivity contribution in [2.45, 2.75) is 6.42 Å². The molecule has 0 unspecified atom stereocenters. The molecule has 0 spiro atoms. The Labute approximate surface area is 118 Å². The topological polar surface area (TPSA) is 73.0 Å². The normalized spacial score (nSPS) is 10.4. The van der Waals surface area contributed by atoms with Gasteiger partial charge in [0.2, 0.25) is 0 Å². The number of nitro groups is 1. The van der Waals surface area contributed by atoms with E-state index in [2.05, 4.69) is 26.3 Å². The van der Waals surface area contributed by atoms with Crippen LogP contribution >= 0.6 is 15.9 Å². The number of nitrogens with one attached hydrogen (secondary N) is 1. The van der Waals surface area contributed by atoms with Crippen molar-refractivity contribution in [3.63, 3.8) is 0 Å². The Morgan fingerprint density at radius 3 is 2.89 bits per heavy atom. The van der Waals surface area contributed by atoms with Crippen LogP contribution < -0.4 is 5.32 Å². The molecule has 1 aromatic carbocycles. The van der Waals surface area contributed by atoms with E-state index in [-0.39, 0.29) is 5.69 Å². The second kappa shape index (κ2) is 5.83. The van der Waals surface area contributed by atoms with Gasteiger partial charge < -0.3 is 5.32 Å². The highest BCUT2D eigenvalue weighted by Gasteiger charge is 2.13. The van der Waals surface area contributed by atoms with Gasteiger partial charge in [-0.15, -0.1) is 0 Å². The fraction of sp³-hybridized carbons (Fsp3) is 0.250. The lowest BCUT2D eigenvalue weighted by atomic mass is 10.2. The van der Waals surface area contributed by atoms with Crippen LogP contribution in [0.3, 0.4) is 0 Å². The first-order chi connectivity index (χ1) is 9.08. The number of nitrogens with zero attached hydrogens (tertiary/aromatic N) is 3. The van der Waals surface area contributed by atoms with E-state index in [9.17, 15) is 10.1 Å². The third-order valence-corrected chi connectivity index (χ3v) is 3.27. The maximum atomic E-state index is 10.9. The van der Waals surface area contributed by atoms with Crippen LogP contribution in [0.5, 0.6) is 0 Å². The highest BCUT2D eigenvalue weighted by atomic mass is 79.9. The molecule has 0 bridgehead atoms. The molecule has 7 heteroatoms. The van der Waals surface area contributed by atoms with E-state index in [4.69, 9.17) is 0 Å². The van der Waals surface area contributed by atoms with Gasteiger partial charge in [0, 0.05) is 42.4 Å². The molecule has 1 aromatic heterocycles. The molecule has 0 saturated heterocycles. The van der Waals surface area contributed by atoms with E-state index >= 15 is 0 Å². The summed E-state index contributed by atoms with van der Waals surface area (Å²) in [6.07, 6.45) is 2.48. The average molecular weight is 325 g/mol. The van der Waals surface area contributed by atoms with Crippen molar-refractivity contribution in [2.24, 2.45) is 7.05 Å². The molecule has 1 N–H and O–H groups in total. The minimum atomic E-state index is -0.390. The largest absolute Gasteiger partial charge is 0.379 e. The molecular formula is C12H13BrN4O2. The number of benzene rings is 1. The third kappa shape index (κ3) is 3.31. The van der Waals surface area contributed by atoms with Crippen LogP contribution in [0.15, 0.2) is 34.9 Å². The standard InChI is InChI=1S/C12H13BrN4O2/c1-16-10(5-7-15-16)4-6-14-11-8-9(13)2-3-12(11)17(18)19/h2-3,5,7-8,14H,4,6H2,1H3. The van der Waals surface area contributed by atoms with Gasteiger partial charge >= 0.3 is 0 Å². The smallest absolute Gasteiger partial charge is 0.292 e. The third-order valence-electron chi connectivity index (χ3n) is 2.77. The Kier molecular flexibility index (Phi) is 4.16. The summed E-state index contributed by atoms with van der Waals surface area (Å²) in [6.45, 7) is 0.608. The van der Waals surface area contributed by atoms with Gasteiger partial charge in [-0.1, -0.05) is 15.9 Å². The zero-order valence-corrected chi connectivity index (χ0v) is 11.9. The minimum Gasteiger partial charge on any atom is -0.379 e. The lowest BCUT2D eigenvalue weighted by Crippen LogP contribution is -2.09. The second-order valence-electron chi connectivity index (χ2n) is 4.04. The van der Waals surface area contributed by atoms with Gasteiger partial charge in [-0.05, 0) is 18.2 Å². The molecule has 0 atom stereocenters. The van der Waals surface area contributed by atoms with Crippen molar-refractivity contribution in [1.29, 1.82) is 0 Å². The Morgan fingerprint density at radius 2 is 2.26 bits per heavy atom. The number of hydrogen-bond acceptors (Lipinski definition) is 4. The first-order valence-corrected chi connectivity index (χ1v) is 6.52. The maximum absolute atomic E-state index is 10.9. The quantitative estimate of drug-likeness (QED) is 0.678. The summed E-state index contributed by atoms with van der Waals surface area (Å²) in [4.78, 5) is 10.5. The molecule has 0 aliphatic rings. The van der Waals surface area contributed by atoms with E-state index in [0.29, 0.717) is 12.2 Å². The van der Waals surface area contributed by atoms with Gasteiger partial charge in [-0.2, -0.15) is 5.10 Å². The predicted octanol–water partition coefficient (Wildman–Crippen LogP) is 2.75. The van der Waals surface area contributed by atoms with E-state index in [1.54, 1.807) is 23.0 Å². The number of hydrogen-bond donors (Lipinski definition) is 1. The first-order valence-electron chi connectivity index (χ1n) is 5.72. The van der Waals surface area contributed by atoms with Gasteiger partial charge in [0.15, 0.2) is 0 Å². The van der Waals surface area contributed by atoms with Gasteiger partial charge in [0.05, 0.1) is 4.92 Å². The molecule has 1 heterocycles. The fourth-order valence-electron chi connectivity index (χ4n) is 1.78. The van der Waals surface area contributed by atoms with Crippen molar-refractivity contribution in [2.75, 3.05) is 11.9 Å². The Bertz CT molecular complexity index is 597. The summed E-state index contributed by atoms with van der Waals surface area (Å²) >= 11 is 3.31. The van der Waals surface area contributed by atoms with Crippen LogP contribution in [0.25, 0.3) is 0 Å². The first kappa shape index (κ1) is 13.5. The Balaban J connectivity index is 2.05. The molecule has 2 rings (SSSR count). The Morgan fingerprint density at radius 1 is 1.47 bits per heavy atom. The van der Waals surface area contributed by atoms with Crippen LogP contribution in [0.2, 0.25) is 0 Å². The zero-order chi connectivity index (χ0) is 13.8. The van der Waals surface area contributed by atoms with Gasteiger partial charge in [0.25, 0.3) is 5.69 Å². The molecule has 0 aliphatic heterocycles. The maximum Gasteiger partial charge on any atom is 0.292 e.